The highest BCUT2D eigenvalue weighted by molar-refractivity contribution is 4.97. The van der Waals surface area contributed by atoms with Gasteiger partial charge in [-0.2, -0.15) is 0 Å². The molecule has 0 bridgehead atoms. The maximum Gasteiger partial charge on any atom is 0.0192 e. The molecule has 4 heteroatoms. The van der Waals surface area contributed by atoms with Gasteiger partial charge in [-0.1, -0.05) is 13.3 Å². The zero-order valence-electron chi connectivity index (χ0n) is 11.8. The SMILES string of the molecule is CC(N)CCCC(C)(N)C(C)(CN)CCCN. The zero-order chi connectivity index (χ0) is 13.5. The van der Waals surface area contributed by atoms with Gasteiger partial charge in [0.2, 0.25) is 0 Å². The Labute approximate surface area is 106 Å². The van der Waals surface area contributed by atoms with Crippen LogP contribution in [0.25, 0.3) is 0 Å². The fourth-order valence-corrected chi connectivity index (χ4v) is 2.21. The fraction of sp³-hybridized carbons (Fsp3) is 1.00. The van der Waals surface area contributed by atoms with E-state index in [1.807, 2.05) is 6.92 Å². The molecule has 0 aromatic rings. The predicted octanol–water partition coefficient (Wildman–Crippen LogP) is 0.925. The Hall–Kier alpha value is -0.160. The van der Waals surface area contributed by atoms with Crippen molar-refractivity contribution in [2.45, 2.75) is 64.5 Å². The fourth-order valence-electron chi connectivity index (χ4n) is 2.21. The van der Waals surface area contributed by atoms with E-state index >= 15 is 0 Å². The summed E-state index contributed by atoms with van der Waals surface area (Å²) in [4.78, 5) is 0. The third-order valence-electron chi connectivity index (χ3n) is 4.12. The van der Waals surface area contributed by atoms with Crippen LogP contribution in [0.1, 0.15) is 52.9 Å². The van der Waals surface area contributed by atoms with Crippen molar-refractivity contribution in [2.24, 2.45) is 28.3 Å². The van der Waals surface area contributed by atoms with Gasteiger partial charge in [0.25, 0.3) is 0 Å². The third kappa shape index (κ3) is 5.34. The Morgan fingerprint density at radius 3 is 2.06 bits per heavy atom. The molecule has 0 aromatic carbocycles. The van der Waals surface area contributed by atoms with Crippen molar-refractivity contribution in [1.82, 2.24) is 0 Å². The van der Waals surface area contributed by atoms with Crippen molar-refractivity contribution in [3.8, 4) is 0 Å². The second-order valence-electron chi connectivity index (χ2n) is 5.94. The van der Waals surface area contributed by atoms with E-state index < -0.39 is 0 Å². The van der Waals surface area contributed by atoms with E-state index in [9.17, 15) is 0 Å². The molecule has 104 valence electrons. The highest BCUT2D eigenvalue weighted by Gasteiger charge is 2.39. The zero-order valence-corrected chi connectivity index (χ0v) is 11.8. The summed E-state index contributed by atoms with van der Waals surface area (Å²) in [5, 5.41) is 0. The van der Waals surface area contributed by atoms with Crippen LogP contribution in [0, 0.1) is 5.41 Å². The number of hydrogen-bond acceptors (Lipinski definition) is 4. The highest BCUT2D eigenvalue weighted by atomic mass is 14.8. The summed E-state index contributed by atoms with van der Waals surface area (Å²) in [5.74, 6) is 0. The Morgan fingerprint density at radius 2 is 1.65 bits per heavy atom. The molecule has 3 atom stereocenters. The Kier molecular flexibility index (Phi) is 7.24. The standard InChI is InChI=1S/C13H32N4/c1-11(16)6-4-8-13(3,17)12(2,10-15)7-5-9-14/h11H,4-10,14-17H2,1-3H3. The molecule has 0 radical (unpaired) electrons. The van der Waals surface area contributed by atoms with Gasteiger partial charge in [0.15, 0.2) is 0 Å². The van der Waals surface area contributed by atoms with Gasteiger partial charge in [0.05, 0.1) is 0 Å². The molecule has 0 rings (SSSR count). The molecular formula is C13H32N4. The normalized spacial score (nSPS) is 20.6. The van der Waals surface area contributed by atoms with E-state index in [4.69, 9.17) is 22.9 Å². The van der Waals surface area contributed by atoms with Gasteiger partial charge in [-0.25, -0.2) is 0 Å². The molecular weight excluding hydrogens is 212 g/mol. The van der Waals surface area contributed by atoms with Crippen LogP contribution < -0.4 is 22.9 Å². The maximum atomic E-state index is 6.47. The van der Waals surface area contributed by atoms with Crippen molar-refractivity contribution in [2.75, 3.05) is 13.1 Å². The van der Waals surface area contributed by atoms with E-state index in [1.165, 1.54) is 0 Å². The van der Waals surface area contributed by atoms with Gasteiger partial charge < -0.3 is 22.9 Å². The van der Waals surface area contributed by atoms with Gasteiger partial charge in [-0.05, 0) is 58.0 Å². The summed E-state index contributed by atoms with van der Waals surface area (Å²) in [7, 11) is 0. The first-order valence-electron chi connectivity index (χ1n) is 6.73. The van der Waals surface area contributed by atoms with Crippen LogP contribution in [0.3, 0.4) is 0 Å². The van der Waals surface area contributed by atoms with Crippen LogP contribution in [0.15, 0.2) is 0 Å². The average Bonchev–Trinajstić information content (AvgIpc) is 2.24. The molecule has 0 aliphatic rings. The van der Waals surface area contributed by atoms with E-state index in [1.54, 1.807) is 0 Å². The first kappa shape index (κ1) is 16.8. The van der Waals surface area contributed by atoms with E-state index in [2.05, 4.69) is 13.8 Å². The molecule has 3 unspecified atom stereocenters. The molecule has 0 aliphatic carbocycles. The molecule has 0 fully saturated rings. The minimum atomic E-state index is -0.244. The molecule has 0 amide bonds. The number of hydrogen-bond donors (Lipinski definition) is 4. The van der Waals surface area contributed by atoms with Crippen molar-refractivity contribution >= 4 is 0 Å². The molecule has 8 N–H and O–H groups in total. The quantitative estimate of drug-likeness (QED) is 0.484. The van der Waals surface area contributed by atoms with Crippen LogP contribution in [-0.4, -0.2) is 24.7 Å². The summed E-state index contributed by atoms with van der Waals surface area (Å²) in [6.07, 6.45) is 5.01. The summed E-state index contributed by atoms with van der Waals surface area (Å²) in [6, 6.07) is 0.249. The first-order chi connectivity index (χ1) is 7.79. The van der Waals surface area contributed by atoms with E-state index in [0.29, 0.717) is 13.1 Å². The summed E-state index contributed by atoms with van der Waals surface area (Å²) in [6.45, 7) is 7.63. The summed E-state index contributed by atoms with van der Waals surface area (Å²) < 4.78 is 0. The molecule has 4 nitrogen and oxygen atoms in total. The van der Waals surface area contributed by atoms with E-state index in [0.717, 1.165) is 32.1 Å². The largest absolute Gasteiger partial charge is 0.330 e. The van der Waals surface area contributed by atoms with Crippen molar-refractivity contribution < 1.29 is 0 Å². The van der Waals surface area contributed by atoms with Crippen LogP contribution in [-0.2, 0) is 0 Å². The molecule has 0 spiro atoms. The average molecular weight is 244 g/mol. The topological polar surface area (TPSA) is 104 Å². The lowest BCUT2D eigenvalue weighted by Crippen LogP contribution is -2.55. The Balaban J connectivity index is 4.39. The molecule has 0 saturated carbocycles. The Morgan fingerprint density at radius 1 is 1.06 bits per heavy atom. The lowest BCUT2D eigenvalue weighted by Gasteiger charge is -2.44. The maximum absolute atomic E-state index is 6.47. The lowest BCUT2D eigenvalue weighted by atomic mass is 9.67. The summed E-state index contributed by atoms with van der Waals surface area (Å²) in [5.41, 5.74) is 23.4. The van der Waals surface area contributed by atoms with Crippen LogP contribution in [0.5, 0.6) is 0 Å². The second-order valence-corrected chi connectivity index (χ2v) is 5.94. The number of nitrogens with two attached hydrogens (primary N) is 4. The molecule has 17 heavy (non-hydrogen) atoms. The van der Waals surface area contributed by atoms with E-state index in [-0.39, 0.29) is 17.0 Å². The first-order valence-corrected chi connectivity index (χ1v) is 6.73. The van der Waals surface area contributed by atoms with Crippen molar-refractivity contribution in [3.63, 3.8) is 0 Å². The predicted molar refractivity (Wildman–Crippen MR) is 75.5 cm³/mol. The smallest absolute Gasteiger partial charge is 0.0192 e. The molecule has 0 aromatic heterocycles. The van der Waals surface area contributed by atoms with Crippen LogP contribution in [0.2, 0.25) is 0 Å². The monoisotopic (exact) mass is 244 g/mol. The number of rotatable bonds is 9. The minimum Gasteiger partial charge on any atom is -0.330 e. The second kappa shape index (κ2) is 7.31. The minimum absolute atomic E-state index is 0.0375. The lowest BCUT2D eigenvalue weighted by molar-refractivity contribution is 0.136. The Bertz CT molecular complexity index is 204. The molecule has 0 saturated heterocycles. The van der Waals surface area contributed by atoms with Gasteiger partial charge >= 0.3 is 0 Å². The van der Waals surface area contributed by atoms with Gasteiger partial charge in [-0.15, -0.1) is 0 Å². The molecule has 0 heterocycles. The highest BCUT2D eigenvalue weighted by Crippen LogP contribution is 2.36. The third-order valence-corrected chi connectivity index (χ3v) is 4.12. The van der Waals surface area contributed by atoms with Gasteiger partial charge in [0, 0.05) is 11.6 Å². The van der Waals surface area contributed by atoms with Gasteiger partial charge in [-0.3, -0.25) is 0 Å². The van der Waals surface area contributed by atoms with Crippen LogP contribution in [0.4, 0.5) is 0 Å². The van der Waals surface area contributed by atoms with Gasteiger partial charge in [0.1, 0.15) is 0 Å². The molecule has 0 aliphatic heterocycles. The van der Waals surface area contributed by atoms with Crippen molar-refractivity contribution in [3.05, 3.63) is 0 Å². The van der Waals surface area contributed by atoms with Crippen molar-refractivity contribution in [1.29, 1.82) is 0 Å². The summed E-state index contributed by atoms with van der Waals surface area (Å²) >= 11 is 0. The van der Waals surface area contributed by atoms with Crippen LogP contribution >= 0.6 is 0 Å².